The number of amidine groups is 1. The van der Waals surface area contributed by atoms with Crippen LogP contribution in [0.5, 0.6) is 0 Å². The average Bonchev–Trinajstić information content (AvgIpc) is 2.67. The quantitative estimate of drug-likeness (QED) is 0.764. The summed E-state index contributed by atoms with van der Waals surface area (Å²) in [6.45, 7) is 0.800. The molecule has 0 bridgehead atoms. The molecule has 2 aliphatic rings. The zero-order chi connectivity index (χ0) is 17.1. The SMILES string of the molecule is CNc1ccc(CNC2=Nc3ccccc3NC23CCCCC3)cc1. The van der Waals surface area contributed by atoms with Gasteiger partial charge >= 0.3 is 0 Å². The fourth-order valence-electron chi connectivity index (χ4n) is 3.92. The molecule has 1 saturated carbocycles. The number of rotatable bonds is 3. The van der Waals surface area contributed by atoms with E-state index in [0.29, 0.717) is 0 Å². The highest BCUT2D eigenvalue weighted by molar-refractivity contribution is 6.00. The molecule has 1 aliphatic heterocycles. The molecule has 0 aromatic heterocycles. The molecule has 4 nitrogen and oxygen atoms in total. The van der Waals surface area contributed by atoms with E-state index in [1.165, 1.54) is 24.8 Å². The molecule has 1 fully saturated rings. The molecule has 2 aromatic carbocycles. The molecule has 1 spiro atoms. The van der Waals surface area contributed by atoms with E-state index < -0.39 is 0 Å². The Labute approximate surface area is 149 Å². The van der Waals surface area contributed by atoms with Crippen LogP contribution >= 0.6 is 0 Å². The summed E-state index contributed by atoms with van der Waals surface area (Å²) in [5.41, 5.74) is 4.57. The van der Waals surface area contributed by atoms with Crippen LogP contribution in [0.1, 0.15) is 37.7 Å². The normalized spacial score (nSPS) is 18.0. The Kier molecular flexibility index (Phi) is 4.35. The second-order valence-electron chi connectivity index (χ2n) is 7.05. The highest BCUT2D eigenvalue weighted by Gasteiger charge is 2.40. The number of benzene rings is 2. The molecule has 3 N–H and O–H groups in total. The Bertz CT molecular complexity index is 758. The van der Waals surface area contributed by atoms with Crippen LogP contribution in [0.2, 0.25) is 0 Å². The zero-order valence-corrected chi connectivity index (χ0v) is 14.8. The monoisotopic (exact) mass is 334 g/mol. The van der Waals surface area contributed by atoms with Crippen molar-refractivity contribution >= 4 is 22.9 Å². The van der Waals surface area contributed by atoms with Crippen molar-refractivity contribution in [2.45, 2.75) is 44.2 Å². The van der Waals surface area contributed by atoms with Crippen molar-refractivity contribution < 1.29 is 0 Å². The Morgan fingerprint density at radius 2 is 1.76 bits per heavy atom. The van der Waals surface area contributed by atoms with E-state index in [0.717, 1.165) is 42.3 Å². The smallest absolute Gasteiger partial charge is 0.128 e. The number of para-hydroxylation sites is 2. The summed E-state index contributed by atoms with van der Waals surface area (Å²) in [4.78, 5) is 5.00. The highest BCUT2D eigenvalue weighted by Crippen LogP contribution is 2.40. The molecule has 130 valence electrons. The second kappa shape index (κ2) is 6.79. The van der Waals surface area contributed by atoms with Gasteiger partial charge in [0.05, 0.1) is 16.9 Å². The molecular formula is C21H26N4. The summed E-state index contributed by atoms with van der Waals surface area (Å²) in [7, 11) is 1.94. The van der Waals surface area contributed by atoms with Crippen LogP contribution in [0.4, 0.5) is 17.1 Å². The molecule has 1 heterocycles. The molecule has 2 aromatic rings. The summed E-state index contributed by atoms with van der Waals surface area (Å²) < 4.78 is 0. The van der Waals surface area contributed by atoms with Crippen molar-refractivity contribution in [3.63, 3.8) is 0 Å². The minimum Gasteiger partial charge on any atom is -0.388 e. The first-order valence-corrected chi connectivity index (χ1v) is 9.26. The van der Waals surface area contributed by atoms with Crippen LogP contribution in [-0.4, -0.2) is 18.4 Å². The van der Waals surface area contributed by atoms with Crippen molar-refractivity contribution in [1.82, 2.24) is 5.32 Å². The minimum atomic E-state index is -0.0302. The van der Waals surface area contributed by atoms with Gasteiger partial charge in [0.2, 0.25) is 0 Å². The number of nitrogens with one attached hydrogen (secondary N) is 3. The second-order valence-corrected chi connectivity index (χ2v) is 7.05. The van der Waals surface area contributed by atoms with Gasteiger partial charge < -0.3 is 16.0 Å². The summed E-state index contributed by atoms with van der Waals surface area (Å²) in [5.74, 6) is 1.10. The lowest BCUT2D eigenvalue weighted by atomic mass is 9.79. The summed E-state index contributed by atoms with van der Waals surface area (Å²) in [6, 6.07) is 16.9. The molecule has 4 rings (SSSR count). The maximum Gasteiger partial charge on any atom is 0.128 e. The Hall–Kier alpha value is -2.49. The van der Waals surface area contributed by atoms with Crippen LogP contribution in [-0.2, 0) is 6.54 Å². The van der Waals surface area contributed by atoms with Gasteiger partial charge in [0.25, 0.3) is 0 Å². The number of hydrogen-bond donors (Lipinski definition) is 3. The van der Waals surface area contributed by atoms with Gasteiger partial charge in [-0.1, -0.05) is 43.5 Å². The van der Waals surface area contributed by atoms with Gasteiger partial charge in [-0.2, -0.15) is 0 Å². The molecule has 1 aliphatic carbocycles. The first-order chi connectivity index (χ1) is 12.3. The van der Waals surface area contributed by atoms with Crippen molar-refractivity contribution in [2.24, 2.45) is 4.99 Å². The first-order valence-electron chi connectivity index (χ1n) is 9.26. The lowest BCUT2D eigenvalue weighted by Crippen LogP contribution is -2.54. The van der Waals surface area contributed by atoms with Gasteiger partial charge in [-0.05, 0) is 42.7 Å². The fraction of sp³-hybridized carbons (Fsp3) is 0.381. The lowest BCUT2D eigenvalue weighted by molar-refractivity contribution is 0.396. The van der Waals surface area contributed by atoms with Crippen LogP contribution < -0.4 is 16.0 Å². The van der Waals surface area contributed by atoms with Gasteiger partial charge in [-0.3, -0.25) is 0 Å². The molecule has 0 unspecified atom stereocenters. The minimum absolute atomic E-state index is 0.0302. The molecule has 4 heteroatoms. The van der Waals surface area contributed by atoms with Crippen LogP contribution in [0.15, 0.2) is 53.5 Å². The van der Waals surface area contributed by atoms with E-state index >= 15 is 0 Å². The third-order valence-corrected chi connectivity index (χ3v) is 5.37. The van der Waals surface area contributed by atoms with Crippen molar-refractivity contribution in [3.05, 3.63) is 54.1 Å². The van der Waals surface area contributed by atoms with E-state index in [9.17, 15) is 0 Å². The van der Waals surface area contributed by atoms with Crippen LogP contribution in [0.3, 0.4) is 0 Å². The van der Waals surface area contributed by atoms with E-state index in [-0.39, 0.29) is 5.54 Å². The third kappa shape index (κ3) is 3.21. The Morgan fingerprint density at radius 3 is 2.52 bits per heavy atom. The van der Waals surface area contributed by atoms with Gasteiger partial charge in [0, 0.05) is 19.3 Å². The number of fused-ring (bicyclic) bond motifs is 1. The fourth-order valence-corrected chi connectivity index (χ4v) is 3.92. The standard InChI is InChI=1S/C21H26N4/c1-22-17-11-9-16(10-12-17)15-23-20-21(13-5-2-6-14-21)25-19-8-4-3-7-18(19)24-20/h3-4,7-12,22,25H,2,5-6,13-15H2,1H3,(H,23,24). The molecule has 0 radical (unpaired) electrons. The van der Waals surface area contributed by atoms with Gasteiger partial charge in [0.15, 0.2) is 0 Å². The summed E-state index contributed by atoms with van der Waals surface area (Å²) in [5, 5.41) is 10.6. The average molecular weight is 334 g/mol. The highest BCUT2D eigenvalue weighted by atomic mass is 15.2. The molecule has 25 heavy (non-hydrogen) atoms. The first kappa shape index (κ1) is 16.0. The summed E-state index contributed by atoms with van der Waals surface area (Å²) >= 11 is 0. The van der Waals surface area contributed by atoms with Gasteiger partial charge in [-0.25, -0.2) is 4.99 Å². The van der Waals surface area contributed by atoms with Crippen LogP contribution in [0.25, 0.3) is 0 Å². The van der Waals surface area contributed by atoms with Crippen LogP contribution in [0, 0.1) is 0 Å². The van der Waals surface area contributed by atoms with Gasteiger partial charge in [-0.15, -0.1) is 0 Å². The Balaban J connectivity index is 1.58. The van der Waals surface area contributed by atoms with Crippen molar-refractivity contribution in [3.8, 4) is 0 Å². The van der Waals surface area contributed by atoms with E-state index in [1.807, 2.05) is 7.05 Å². The maximum absolute atomic E-state index is 5.00. The maximum atomic E-state index is 5.00. The summed E-state index contributed by atoms with van der Waals surface area (Å²) in [6.07, 6.45) is 6.13. The predicted octanol–water partition coefficient (Wildman–Crippen LogP) is 4.68. The number of hydrogen-bond acceptors (Lipinski definition) is 4. The van der Waals surface area contributed by atoms with Crippen molar-refractivity contribution in [1.29, 1.82) is 0 Å². The molecule has 0 amide bonds. The molecule has 0 atom stereocenters. The zero-order valence-electron chi connectivity index (χ0n) is 14.8. The predicted molar refractivity (Wildman–Crippen MR) is 106 cm³/mol. The lowest BCUT2D eigenvalue weighted by Gasteiger charge is -2.42. The number of anilines is 2. The van der Waals surface area contributed by atoms with E-state index in [1.54, 1.807) is 0 Å². The largest absolute Gasteiger partial charge is 0.388 e. The van der Waals surface area contributed by atoms with Gasteiger partial charge in [0.1, 0.15) is 5.84 Å². The van der Waals surface area contributed by atoms with E-state index in [2.05, 4.69) is 64.5 Å². The number of nitrogens with zero attached hydrogens (tertiary/aromatic N) is 1. The van der Waals surface area contributed by atoms with E-state index in [4.69, 9.17) is 4.99 Å². The Morgan fingerprint density at radius 1 is 1.00 bits per heavy atom. The topological polar surface area (TPSA) is 48.5 Å². The molecular weight excluding hydrogens is 308 g/mol. The molecule has 0 saturated heterocycles. The number of aliphatic imine (C=N–C) groups is 1. The third-order valence-electron chi connectivity index (χ3n) is 5.37. The van der Waals surface area contributed by atoms with Crippen molar-refractivity contribution in [2.75, 3.05) is 17.7 Å².